The van der Waals surface area contributed by atoms with Crippen LogP contribution in [0, 0.1) is 0 Å². The number of hydrogen-bond acceptors (Lipinski definition) is 6. The van der Waals surface area contributed by atoms with Crippen molar-refractivity contribution >= 4 is 15.9 Å². The molecule has 29 heavy (non-hydrogen) atoms. The first kappa shape index (κ1) is 21.1. The molecule has 3 rings (SSSR count). The van der Waals surface area contributed by atoms with E-state index in [0.29, 0.717) is 38.5 Å². The highest BCUT2D eigenvalue weighted by Gasteiger charge is 2.25. The Kier molecular flexibility index (Phi) is 6.73. The standard InChI is InChI=1S/C20H25N3O5S/c1-27-19-8-7-17(29(21,25)26)15-18(19)20(24)23-11-9-22(10-12-23)13-14-28-16-5-3-2-4-6-16/h2-8,15H,9-14H2,1H3,(H2,21,25,26). The van der Waals surface area contributed by atoms with Gasteiger partial charge in [-0.1, -0.05) is 18.2 Å². The van der Waals surface area contributed by atoms with E-state index in [2.05, 4.69) is 4.90 Å². The highest BCUT2D eigenvalue weighted by atomic mass is 32.2. The molecule has 1 amide bonds. The minimum absolute atomic E-state index is 0.113. The lowest BCUT2D eigenvalue weighted by atomic mass is 10.1. The monoisotopic (exact) mass is 419 g/mol. The van der Waals surface area contributed by atoms with Crippen molar-refractivity contribution in [2.45, 2.75) is 4.90 Å². The maximum atomic E-state index is 12.9. The van der Waals surface area contributed by atoms with Crippen LogP contribution in [0.15, 0.2) is 53.4 Å². The highest BCUT2D eigenvalue weighted by Crippen LogP contribution is 2.24. The number of methoxy groups -OCH3 is 1. The number of rotatable bonds is 7. The van der Waals surface area contributed by atoms with Gasteiger partial charge in [0.25, 0.3) is 5.91 Å². The fraction of sp³-hybridized carbons (Fsp3) is 0.350. The molecule has 2 aromatic rings. The average molecular weight is 420 g/mol. The summed E-state index contributed by atoms with van der Waals surface area (Å²) < 4.78 is 34.2. The molecule has 2 aromatic carbocycles. The molecule has 1 saturated heterocycles. The number of benzene rings is 2. The summed E-state index contributed by atoms with van der Waals surface area (Å²) in [6.07, 6.45) is 0. The Balaban J connectivity index is 1.57. The zero-order valence-electron chi connectivity index (χ0n) is 16.3. The Labute approximate surface area is 170 Å². The third-order valence-electron chi connectivity index (χ3n) is 4.81. The third kappa shape index (κ3) is 5.47. The molecule has 1 fully saturated rings. The molecule has 1 heterocycles. The SMILES string of the molecule is COc1ccc(S(N)(=O)=O)cc1C(=O)N1CCN(CCOc2ccccc2)CC1. The first-order valence-corrected chi connectivity index (χ1v) is 10.8. The Bertz CT molecular complexity index is 942. The predicted octanol–water partition coefficient (Wildman–Crippen LogP) is 1.18. The second-order valence-corrected chi connectivity index (χ2v) is 8.26. The Morgan fingerprint density at radius 2 is 1.76 bits per heavy atom. The van der Waals surface area contributed by atoms with Crippen molar-refractivity contribution < 1.29 is 22.7 Å². The summed E-state index contributed by atoms with van der Waals surface area (Å²) in [5.74, 6) is 0.886. The maximum absolute atomic E-state index is 12.9. The van der Waals surface area contributed by atoms with Crippen molar-refractivity contribution in [2.24, 2.45) is 5.14 Å². The molecule has 0 aromatic heterocycles. The van der Waals surface area contributed by atoms with Crippen LogP contribution in [0.25, 0.3) is 0 Å². The van der Waals surface area contributed by atoms with Gasteiger partial charge in [-0.25, -0.2) is 13.6 Å². The molecule has 2 N–H and O–H groups in total. The third-order valence-corrected chi connectivity index (χ3v) is 5.72. The van der Waals surface area contributed by atoms with Crippen LogP contribution in [0.5, 0.6) is 11.5 Å². The number of nitrogens with two attached hydrogens (primary N) is 1. The van der Waals surface area contributed by atoms with Crippen LogP contribution in [0.1, 0.15) is 10.4 Å². The summed E-state index contributed by atoms with van der Waals surface area (Å²) in [7, 11) is -2.47. The minimum Gasteiger partial charge on any atom is -0.496 e. The van der Waals surface area contributed by atoms with Gasteiger partial charge >= 0.3 is 0 Å². The number of carbonyl (C=O) groups is 1. The summed E-state index contributed by atoms with van der Waals surface area (Å²) in [5.41, 5.74) is 0.194. The van der Waals surface area contributed by atoms with E-state index >= 15 is 0 Å². The maximum Gasteiger partial charge on any atom is 0.257 e. The molecule has 0 bridgehead atoms. The number of hydrogen-bond donors (Lipinski definition) is 1. The summed E-state index contributed by atoms with van der Waals surface area (Å²) in [4.78, 5) is 16.7. The van der Waals surface area contributed by atoms with Gasteiger partial charge < -0.3 is 14.4 Å². The molecule has 0 radical (unpaired) electrons. The molecule has 0 aliphatic carbocycles. The van der Waals surface area contributed by atoms with Crippen LogP contribution in [-0.4, -0.2) is 70.6 Å². The van der Waals surface area contributed by atoms with Gasteiger partial charge in [0.05, 0.1) is 17.6 Å². The van der Waals surface area contributed by atoms with E-state index in [1.54, 1.807) is 4.90 Å². The number of carbonyl (C=O) groups excluding carboxylic acids is 1. The van der Waals surface area contributed by atoms with Gasteiger partial charge in [-0.15, -0.1) is 0 Å². The zero-order chi connectivity index (χ0) is 20.9. The van der Waals surface area contributed by atoms with Crippen molar-refractivity contribution in [1.29, 1.82) is 0 Å². The van der Waals surface area contributed by atoms with Gasteiger partial charge in [0, 0.05) is 32.7 Å². The lowest BCUT2D eigenvalue weighted by Crippen LogP contribution is -2.49. The van der Waals surface area contributed by atoms with E-state index in [9.17, 15) is 13.2 Å². The molecule has 9 heteroatoms. The number of nitrogens with zero attached hydrogens (tertiary/aromatic N) is 2. The van der Waals surface area contributed by atoms with Gasteiger partial charge in [0.2, 0.25) is 10.0 Å². The second kappa shape index (κ2) is 9.25. The average Bonchev–Trinajstić information content (AvgIpc) is 2.73. The molecule has 1 aliphatic heterocycles. The van der Waals surface area contributed by atoms with Gasteiger partial charge in [-0.05, 0) is 30.3 Å². The van der Waals surface area contributed by atoms with Crippen LogP contribution < -0.4 is 14.6 Å². The van der Waals surface area contributed by atoms with Gasteiger partial charge in [0.15, 0.2) is 0 Å². The van der Waals surface area contributed by atoms with E-state index in [4.69, 9.17) is 14.6 Å². The molecule has 156 valence electrons. The predicted molar refractivity (Wildman–Crippen MR) is 109 cm³/mol. The smallest absolute Gasteiger partial charge is 0.257 e. The van der Waals surface area contributed by atoms with Crippen LogP contribution in [0.4, 0.5) is 0 Å². The van der Waals surface area contributed by atoms with Crippen LogP contribution in [0.2, 0.25) is 0 Å². The molecule has 0 spiro atoms. The Hall–Kier alpha value is -2.62. The Morgan fingerprint density at radius 3 is 2.38 bits per heavy atom. The zero-order valence-corrected chi connectivity index (χ0v) is 17.1. The number of para-hydroxylation sites is 1. The van der Waals surface area contributed by atoms with E-state index in [-0.39, 0.29) is 16.4 Å². The number of amides is 1. The van der Waals surface area contributed by atoms with Gasteiger partial charge in [-0.2, -0.15) is 0 Å². The van der Waals surface area contributed by atoms with E-state index < -0.39 is 10.0 Å². The highest BCUT2D eigenvalue weighted by molar-refractivity contribution is 7.89. The summed E-state index contributed by atoms with van der Waals surface area (Å²) >= 11 is 0. The van der Waals surface area contributed by atoms with E-state index in [0.717, 1.165) is 12.3 Å². The first-order chi connectivity index (χ1) is 13.9. The molecule has 0 unspecified atom stereocenters. The summed E-state index contributed by atoms with van der Waals surface area (Å²) in [6, 6.07) is 13.7. The molecule has 0 atom stereocenters. The Morgan fingerprint density at radius 1 is 1.07 bits per heavy atom. The topological polar surface area (TPSA) is 102 Å². The normalized spacial score (nSPS) is 15.2. The molecule has 0 saturated carbocycles. The molecule has 1 aliphatic rings. The van der Waals surface area contributed by atoms with Crippen molar-refractivity contribution in [2.75, 3.05) is 46.4 Å². The second-order valence-electron chi connectivity index (χ2n) is 6.70. The fourth-order valence-electron chi connectivity index (χ4n) is 3.19. The summed E-state index contributed by atoms with van der Waals surface area (Å²) in [5, 5.41) is 5.19. The number of piperazine rings is 1. The largest absolute Gasteiger partial charge is 0.496 e. The number of sulfonamides is 1. The number of primary sulfonamides is 1. The van der Waals surface area contributed by atoms with E-state index in [1.165, 1.54) is 25.3 Å². The van der Waals surface area contributed by atoms with Crippen molar-refractivity contribution in [3.05, 3.63) is 54.1 Å². The van der Waals surface area contributed by atoms with Crippen LogP contribution in [0.3, 0.4) is 0 Å². The fourth-order valence-corrected chi connectivity index (χ4v) is 3.73. The molecular weight excluding hydrogens is 394 g/mol. The molecule has 8 nitrogen and oxygen atoms in total. The van der Waals surface area contributed by atoms with Crippen molar-refractivity contribution in [3.8, 4) is 11.5 Å². The minimum atomic E-state index is -3.90. The van der Waals surface area contributed by atoms with Gasteiger partial charge in [0.1, 0.15) is 18.1 Å². The van der Waals surface area contributed by atoms with Gasteiger partial charge in [-0.3, -0.25) is 9.69 Å². The summed E-state index contributed by atoms with van der Waals surface area (Å²) in [6.45, 7) is 3.82. The van der Waals surface area contributed by atoms with Crippen LogP contribution >= 0.6 is 0 Å². The van der Waals surface area contributed by atoms with Crippen molar-refractivity contribution in [3.63, 3.8) is 0 Å². The lowest BCUT2D eigenvalue weighted by Gasteiger charge is -2.34. The first-order valence-electron chi connectivity index (χ1n) is 9.29. The van der Waals surface area contributed by atoms with E-state index in [1.807, 2.05) is 30.3 Å². The number of ether oxygens (including phenoxy) is 2. The lowest BCUT2D eigenvalue weighted by molar-refractivity contribution is 0.0617. The molecular formula is C20H25N3O5S. The van der Waals surface area contributed by atoms with Crippen molar-refractivity contribution in [1.82, 2.24) is 9.80 Å². The quantitative estimate of drug-likeness (QED) is 0.723. The van der Waals surface area contributed by atoms with Crippen LogP contribution in [-0.2, 0) is 10.0 Å².